The molecule has 0 N–H and O–H groups in total. The Labute approximate surface area is 167 Å². The van der Waals surface area contributed by atoms with Crippen LogP contribution in [0.4, 0.5) is 13.2 Å². The fraction of sp³-hybridized carbons (Fsp3) is 0.0769. The van der Waals surface area contributed by atoms with Gasteiger partial charge in [0.2, 0.25) is 0 Å². The number of fused-ring (bicyclic) bond motifs is 1. The Morgan fingerprint density at radius 2 is 1.55 bits per heavy atom. The number of hydrogen-bond donors (Lipinski definition) is 0. The molecule has 0 unspecified atom stereocenters. The number of halogens is 3. The molecule has 4 aromatic rings. The van der Waals surface area contributed by atoms with Crippen molar-refractivity contribution in [2.45, 2.75) is 12.8 Å². The topological polar surface area (TPSA) is 0 Å². The lowest BCUT2D eigenvalue weighted by molar-refractivity contribution is 0.624. The van der Waals surface area contributed by atoms with Crippen molar-refractivity contribution in [3.63, 3.8) is 0 Å². The molecule has 0 saturated carbocycles. The van der Waals surface area contributed by atoms with Crippen LogP contribution in [0.15, 0.2) is 85.5 Å². The lowest BCUT2D eigenvalue weighted by Gasteiger charge is -2.10. The Morgan fingerprint density at radius 1 is 0.759 bits per heavy atom. The maximum absolute atomic E-state index is 15.2. The predicted octanol–water partition coefficient (Wildman–Crippen LogP) is 7.71. The number of aryl methyl sites for hydroxylation is 1. The van der Waals surface area contributed by atoms with Crippen LogP contribution in [0, 0.1) is 17.5 Å². The summed E-state index contributed by atoms with van der Waals surface area (Å²) >= 11 is 0. The monoisotopic (exact) mass is 388 g/mol. The zero-order valence-electron chi connectivity index (χ0n) is 15.8. The summed E-state index contributed by atoms with van der Waals surface area (Å²) in [6.07, 6.45) is 3.58. The van der Waals surface area contributed by atoms with Crippen LogP contribution in [-0.4, -0.2) is 0 Å². The zero-order chi connectivity index (χ0) is 20.4. The molecular weight excluding hydrogens is 369 g/mol. The lowest BCUT2D eigenvalue weighted by atomic mass is 9.96. The van der Waals surface area contributed by atoms with Gasteiger partial charge in [-0.1, -0.05) is 60.7 Å². The number of hydrogen-bond acceptors (Lipinski definition) is 0. The summed E-state index contributed by atoms with van der Waals surface area (Å²) in [6.45, 7) is 3.72. The molecule has 0 heterocycles. The minimum Gasteiger partial charge on any atom is -0.207 e. The summed E-state index contributed by atoms with van der Waals surface area (Å²) < 4.78 is 43.3. The van der Waals surface area contributed by atoms with Gasteiger partial charge in [-0.15, -0.1) is 6.58 Å². The maximum Gasteiger partial charge on any atom is 0.138 e. The third-order valence-electron chi connectivity index (χ3n) is 5.07. The average molecular weight is 388 g/mol. The van der Waals surface area contributed by atoms with Crippen LogP contribution in [0.2, 0.25) is 0 Å². The fourth-order valence-corrected chi connectivity index (χ4v) is 3.56. The highest BCUT2D eigenvalue weighted by atomic mass is 19.1. The SMILES string of the molecule is C=CCCc1ccc2c(F)c(-c3ccc(-c4cccc(F)c4)c(F)c3)ccc2c1. The van der Waals surface area contributed by atoms with Crippen LogP contribution in [0.5, 0.6) is 0 Å². The van der Waals surface area contributed by atoms with Crippen LogP contribution >= 0.6 is 0 Å². The van der Waals surface area contributed by atoms with Gasteiger partial charge in [0.15, 0.2) is 0 Å². The van der Waals surface area contributed by atoms with Crippen molar-refractivity contribution in [3.8, 4) is 22.3 Å². The Morgan fingerprint density at radius 3 is 2.31 bits per heavy atom. The van der Waals surface area contributed by atoms with Crippen LogP contribution in [0.25, 0.3) is 33.0 Å². The molecule has 0 aliphatic carbocycles. The first-order valence-corrected chi connectivity index (χ1v) is 9.45. The van der Waals surface area contributed by atoms with Gasteiger partial charge in [-0.3, -0.25) is 0 Å². The quantitative estimate of drug-likeness (QED) is 0.307. The zero-order valence-corrected chi connectivity index (χ0v) is 15.8. The molecule has 29 heavy (non-hydrogen) atoms. The molecule has 0 aliphatic heterocycles. The van der Waals surface area contributed by atoms with Gasteiger partial charge in [0.1, 0.15) is 17.5 Å². The molecule has 0 fully saturated rings. The van der Waals surface area contributed by atoms with Crippen molar-refractivity contribution in [2.24, 2.45) is 0 Å². The first-order valence-electron chi connectivity index (χ1n) is 9.45. The molecule has 0 amide bonds. The summed E-state index contributed by atoms with van der Waals surface area (Å²) in [6, 6.07) is 19.4. The molecule has 0 spiro atoms. The summed E-state index contributed by atoms with van der Waals surface area (Å²) in [5.74, 6) is -1.33. The molecule has 0 bridgehead atoms. The largest absolute Gasteiger partial charge is 0.207 e. The van der Waals surface area contributed by atoms with E-state index in [0.29, 0.717) is 22.1 Å². The van der Waals surface area contributed by atoms with Gasteiger partial charge < -0.3 is 0 Å². The van der Waals surface area contributed by atoms with Crippen LogP contribution in [-0.2, 0) is 6.42 Å². The highest BCUT2D eigenvalue weighted by Gasteiger charge is 2.13. The molecule has 0 saturated heterocycles. The standard InChI is InChI=1S/C26H19F3/c1-2-3-5-17-8-11-23-19(14-17)10-13-24(26(23)29)20-9-12-22(25(28)16-20)18-6-4-7-21(27)15-18/h2,4,6-16H,1,3,5H2. The second-order valence-electron chi connectivity index (χ2n) is 7.01. The molecule has 3 heteroatoms. The van der Waals surface area contributed by atoms with E-state index in [1.54, 1.807) is 30.3 Å². The Kier molecular flexibility index (Phi) is 5.22. The first kappa shape index (κ1) is 19.0. The molecule has 0 atom stereocenters. The molecule has 0 radical (unpaired) electrons. The molecule has 0 aromatic heterocycles. The highest BCUT2D eigenvalue weighted by molar-refractivity contribution is 5.89. The van der Waals surface area contributed by atoms with E-state index in [0.717, 1.165) is 23.8 Å². The van der Waals surface area contributed by atoms with E-state index in [1.165, 1.54) is 24.3 Å². The van der Waals surface area contributed by atoms with Crippen molar-refractivity contribution in [1.82, 2.24) is 0 Å². The van der Waals surface area contributed by atoms with Crippen molar-refractivity contribution in [1.29, 1.82) is 0 Å². The van der Waals surface area contributed by atoms with Gasteiger partial charge in [0.05, 0.1) is 0 Å². The van der Waals surface area contributed by atoms with Gasteiger partial charge in [-0.25, -0.2) is 13.2 Å². The maximum atomic E-state index is 15.2. The second kappa shape index (κ2) is 7.96. The minimum atomic E-state index is -0.521. The lowest BCUT2D eigenvalue weighted by Crippen LogP contribution is -1.92. The predicted molar refractivity (Wildman–Crippen MR) is 113 cm³/mol. The summed E-state index contributed by atoms with van der Waals surface area (Å²) in [7, 11) is 0. The van der Waals surface area contributed by atoms with E-state index >= 15 is 4.39 Å². The van der Waals surface area contributed by atoms with Gasteiger partial charge in [-0.05, 0) is 53.1 Å². The van der Waals surface area contributed by atoms with E-state index in [2.05, 4.69) is 6.58 Å². The average Bonchev–Trinajstić information content (AvgIpc) is 2.72. The van der Waals surface area contributed by atoms with Crippen molar-refractivity contribution in [3.05, 3.63) is 108 Å². The summed E-state index contributed by atoms with van der Waals surface area (Å²) in [5, 5.41) is 1.31. The molecule has 0 nitrogen and oxygen atoms in total. The summed E-state index contributed by atoms with van der Waals surface area (Å²) in [4.78, 5) is 0. The van der Waals surface area contributed by atoms with E-state index in [9.17, 15) is 8.78 Å². The molecule has 4 aromatic carbocycles. The van der Waals surface area contributed by atoms with E-state index in [4.69, 9.17) is 0 Å². The number of allylic oxidation sites excluding steroid dienone is 1. The molecule has 0 aliphatic rings. The van der Waals surface area contributed by atoms with Gasteiger partial charge in [-0.2, -0.15) is 0 Å². The van der Waals surface area contributed by atoms with Crippen LogP contribution in [0.1, 0.15) is 12.0 Å². The van der Waals surface area contributed by atoms with Gasteiger partial charge in [0, 0.05) is 16.5 Å². The van der Waals surface area contributed by atoms with Crippen molar-refractivity contribution >= 4 is 10.8 Å². The first-order chi connectivity index (χ1) is 14.1. The van der Waals surface area contributed by atoms with E-state index < -0.39 is 11.6 Å². The van der Waals surface area contributed by atoms with Crippen molar-refractivity contribution < 1.29 is 13.2 Å². The third-order valence-corrected chi connectivity index (χ3v) is 5.07. The Balaban J connectivity index is 1.73. The smallest absolute Gasteiger partial charge is 0.138 e. The fourth-order valence-electron chi connectivity index (χ4n) is 3.56. The van der Waals surface area contributed by atoms with Crippen LogP contribution in [0.3, 0.4) is 0 Å². The third kappa shape index (κ3) is 3.81. The second-order valence-corrected chi connectivity index (χ2v) is 7.01. The van der Waals surface area contributed by atoms with E-state index in [1.807, 2.05) is 24.3 Å². The van der Waals surface area contributed by atoms with Crippen molar-refractivity contribution in [2.75, 3.05) is 0 Å². The number of rotatable bonds is 5. The molecule has 144 valence electrons. The minimum absolute atomic E-state index is 0.279. The number of benzene rings is 4. The molecular formula is C26H19F3. The normalized spacial score (nSPS) is 11.0. The summed E-state index contributed by atoms with van der Waals surface area (Å²) in [5.41, 5.74) is 2.62. The van der Waals surface area contributed by atoms with Gasteiger partial charge >= 0.3 is 0 Å². The van der Waals surface area contributed by atoms with Gasteiger partial charge in [0.25, 0.3) is 0 Å². The Hall–Kier alpha value is -3.33. The van der Waals surface area contributed by atoms with Crippen LogP contribution < -0.4 is 0 Å². The molecule has 4 rings (SSSR count). The Bertz CT molecular complexity index is 1210. The highest BCUT2D eigenvalue weighted by Crippen LogP contribution is 2.33. The van der Waals surface area contributed by atoms with E-state index in [-0.39, 0.29) is 11.4 Å².